The number of aromatic carboxylic acids is 1. The first-order valence-electron chi connectivity index (χ1n) is 5.79. The zero-order valence-corrected chi connectivity index (χ0v) is 10.5. The number of carboxylic acid groups (broad SMARTS) is 1. The van der Waals surface area contributed by atoms with Gasteiger partial charge >= 0.3 is 12.0 Å². The molecule has 98 valence electrons. The third kappa shape index (κ3) is 3.73. The number of carbonyl (C=O) groups excluding carboxylic acids is 1. The number of hydrogen-bond acceptors (Lipinski definition) is 3. The van der Waals surface area contributed by atoms with Crippen molar-refractivity contribution in [1.82, 2.24) is 15.2 Å². The standard InChI is InChI=1S/C12H17N3O3/c1-3-15(4-2)12(18)14-8-10-7-9(11(16)17)5-6-13-10/h5-7H,3-4,8H2,1-2H3,(H,14,18)(H,16,17). The molecule has 0 unspecified atom stereocenters. The summed E-state index contributed by atoms with van der Waals surface area (Å²) in [6.45, 7) is 5.27. The molecule has 0 saturated heterocycles. The lowest BCUT2D eigenvalue weighted by molar-refractivity contribution is 0.0696. The van der Waals surface area contributed by atoms with Crippen molar-refractivity contribution in [3.05, 3.63) is 29.6 Å². The van der Waals surface area contributed by atoms with Gasteiger partial charge in [-0.25, -0.2) is 9.59 Å². The van der Waals surface area contributed by atoms with Crippen LogP contribution >= 0.6 is 0 Å². The summed E-state index contributed by atoms with van der Waals surface area (Å²) in [7, 11) is 0. The molecule has 1 heterocycles. The van der Waals surface area contributed by atoms with Crippen LogP contribution in [0.25, 0.3) is 0 Å². The number of nitrogens with zero attached hydrogens (tertiary/aromatic N) is 2. The molecule has 0 saturated carbocycles. The maximum Gasteiger partial charge on any atom is 0.335 e. The first-order chi connectivity index (χ1) is 8.58. The van der Waals surface area contributed by atoms with Crippen molar-refractivity contribution in [3.63, 3.8) is 0 Å². The minimum Gasteiger partial charge on any atom is -0.478 e. The molecule has 2 N–H and O–H groups in total. The monoisotopic (exact) mass is 251 g/mol. The van der Waals surface area contributed by atoms with Gasteiger partial charge < -0.3 is 15.3 Å². The van der Waals surface area contributed by atoms with Gasteiger partial charge in [-0.15, -0.1) is 0 Å². The second kappa shape index (κ2) is 6.58. The van der Waals surface area contributed by atoms with E-state index < -0.39 is 5.97 Å². The van der Waals surface area contributed by atoms with E-state index in [1.165, 1.54) is 18.3 Å². The number of urea groups is 1. The van der Waals surface area contributed by atoms with Gasteiger partial charge in [0.05, 0.1) is 17.8 Å². The predicted octanol–water partition coefficient (Wildman–Crippen LogP) is 1.33. The molecule has 1 rings (SSSR count). The fourth-order valence-electron chi connectivity index (χ4n) is 1.50. The lowest BCUT2D eigenvalue weighted by atomic mass is 10.2. The average Bonchev–Trinajstić information content (AvgIpc) is 2.38. The molecule has 0 aliphatic heterocycles. The van der Waals surface area contributed by atoms with E-state index in [4.69, 9.17) is 5.11 Å². The molecule has 0 aliphatic carbocycles. The van der Waals surface area contributed by atoms with Gasteiger partial charge in [-0.2, -0.15) is 0 Å². The number of amides is 2. The van der Waals surface area contributed by atoms with Crippen LogP contribution in [0, 0.1) is 0 Å². The molecule has 6 nitrogen and oxygen atoms in total. The van der Waals surface area contributed by atoms with E-state index >= 15 is 0 Å². The van der Waals surface area contributed by atoms with Crippen LogP contribution in [0.2, 0.25) is 0 Å². The molecule has 2 amide bonds. The second-order valence-corrected chi connectivity index (χ2v) is 3.67. The van der Waals surface area contributed by atoms with Crippen molar-refractivity contribution in [1.29, 1.82) is 0 Å². The summed E-state index contributed by atoms with van der Waals surface area (Å²) in [5, 5.41) is 11.5. The van der Waals surface area contributed by atoms with Crippen molar-refractivity contribution in [2.24, 2.45) is 0 Å². The smallest absolute Gasteiger partial charge is 0.335 e. The summed E-state index contributed by atoms with van der Waals surface area (Å²) >= 11 is 0. The zero-order valence-electron chi connectivity index (χ0n) is 10.5. The summed E-state index contributed by atoms with van der Waals surface area (Å²) in [6.07, 6.45) is 1.42. The number of carboxylic acids is 1. The van der Waals surface area contributed by atoms with E-state index in [2.05, 4.69) is 10.3 Å². The second-order valence-electron chi connectivity index (χ2n) is 3.67. The van der Waals surface area contributed by atoms with Crippen molar-refractivity contribution < 1.29 is 14.7 Å². The molecule has 0 atom stereocenters. The highest BCUT2D eigenvalue weighted by atomic mass is 16.4. The van der Waals surface area contributed by atoms with Crippen molar-refractivity contribution in [2.75, 3.05) is 13.1 Å². The zero-order chi connectivity index (χ0) is 13.5. The molecule has 0 spiro atoms. The van der Waals surface area contributed by atoms with Gasteiger partial charge in [0.15, 0.2) is 0 Å². The average molecular weight is 251 g/mol. The van der Waals surface area contributed by atoms with Crippen LogP contribution in [0.1, 0.15) is 29.9 Å². The summed E-state index contributed by atoms with van der Waals surface area (Å²) in [5.74, 6) is -1.01. The fourth-order valence-corrected chi connectivity index (χ4v) is 1.50. The molecule has 18 heavy (non-hydrogen) atoms. The van der Waals surface area contributed by atoms with Gasteiger partial charge in [0.2, 0.25) is 0 Å². The van der Waals surface area contributed by atoms with E-state index in [-0.39, 0.29) is 18.1 Å². The molecule has 0 aromatic carbocycles. The highest BCUT2D eigenvalue weighted by Gasteiger charge is 2.09. The molecule has 0 bridgehead atoms. The molecular weight excluding hydrogens is 234 g/mol. The molecular formula is C12H17N3O3. The van der Waals surface area contributed by atoms with Crippen molar-refractivity contribution >= 4 is 12.0 Å². The summed E-state index contributed by atoms with van der Waals surface area (Å²) < 4.78 is 0. The Kier molecular flexibility index (Phi) is 5.10. The molecule has 1 aromatic heterocycles. The minimum absolute atomic E-state index is 0.164. The number of nitrogens with one attached hydrogen (secondary N) is 1. The van der Waals surface area contributed by atoms with Gasteiger partial charge in [-0.1, -0.05) is 0 Å². The first-order valence-corrected chi connectivity index (χ1v) is 5.79. The van der Waals surface area contributed by atoms with Gasteiger partial charge in [-0.3, -0.25) is 4.98 Å². The summed E-state index contributed by atoms with van der Waals surface area (Å²) in [4.78, 5) is 28.1. The summed E-state index contributed by atoms with van der Waals surface area (Å²) in [6, 6.07) is 2.69. The van der Waals surface area contributed by atoms with Crippen LogP contribution in [0.15, 0.2) is 18.3 Å². The highest BCUT2D eigenvalue weighted by Crippen LogP contribution is 2.02. The SMILES string of the molecule is CCN(CC)C(=O)NCc1cc(C(=O)O)ccn1. The Morgan fingerprint density at radius 3 is 2.61 bits per heavy atom. The number of pyridine rings is 1. The Bertz CT molecular complexity index is 430. The van der Waals surface area contributed by atoms with E-state index in [1.54, 1.807) is 4.90 Å². The van der Waals surface area contributed by atoms with Gasteiger partial charge in [-0.05, 0) is 26.0 Å². The van der Waals surface area contributed by atoms with Gasteiger partial charge in [0, 0.05) is 19.3 Å². The van der Waals surface area contributed by atoms with Gasteiger partial charge in [0.25, 0.3) is 0 Å². The Hall–Kier alpha value is -2.11. The fraction of sp³-hybridized carbons (Fsp3) is 0.417. The maximum atomic E-state index is 11.7. The predicted molar refractivity (Wildman–Crippen MR) is 66.4 cm³/mol. The first kappa shape index (κ1) is 14.0. The quantitative estimate of drug-likeness (QED) is 0.827. The van der Waals surface area contributed by atoms with Crippen molar-refractivity contribution in [2.45, 2.75) is 20.4 Å². The molecule has 0 aliphatic rings. The van der Waals surface area contributed by atoms with Crippen LogP contribution in [0.5, 0.6) is 0 Å². The third-order valence-electron chi connectivity index (χ3n) is 2.53. The number of aromatic nitrogens is 1. The lowest BCUT2D eigenvalue weighted by Crippen LogP contribution is -2.39. The van der Waals surface area contributed by atoms with Crippen LogP contribution in [-0.2, 0) is 6.54 Å². The molecule has 0 radical (unpaired) electrons. The molecule has 1 aromatic rings. The topological polar surface area (TPSA) is 82.5 Å². The Labute approximate surface area is 106 Å². The van der Waals surface area contributed by atoms with Crippen LogP contribution < -0.4 is 5.32 Å². The van der Waals surface area contributed by atoms with E-state index in [9.17, 15) is 9.59 Å². The Morgan fingerprint density at radius 2 is 2.06 bits per heavy atom. The lowest BCUT2D eigenvalue weighted by Gasteiger charge is -2.18. The van der Waals surface area contributed by atoms with Crippen LogP contribution in [-0.4, -0.2) is 40.1 Å². The molecule has 6 heteroatoms. The normalized spacial score (nSPS) is 9.89. The minimum atomic E-state index is -1.01. The Balaban J connectivity index is 2.61. The largest absolute Gasteiger partial charge is 0.478 e. The maximum absolute atomic E-state index is 11.7. The van der Waals surface area contributed by atoms with Gasteiger partial charge in [0.1, 0.15) is 0 Å². The van der Waals surface area contributed by atoms with E-state index in [1.807, 2.05) is 13.8 Å². The number of carbonyl (C=O) groups is 2. The van der Waals surface area contributed by atoms with Crippen LogP contribution in [0.3, 0.4) is 0 Å². The third-order valence-corrected chi connectivity index (χ3v) is 2.53. The highest BCUT2D eigenvalue weighted by molar-refractivity contribution is 5.87. The van der Waals surface area contributed by atoms with Crippen LogP contribution in [0.4, 0.5) is 4.79 Å². The summed E-state index contributed by atoms with van der Waals surface area (Å²) in [5.41, 5.74) is 0.687. The number of hydrogen-bond donors (Lipinski definition) is 2. The van der Waals surface area contributed by atoms with E-state index in [0.717, 1.165) is 0 Å². The van der Waals surface area contributed by atoms with E-state index in [0.29, 0.717) is 18.8 Å². The molecule has 0 fully saturated rings. The Morgan fingerprint density at radius 1 is 1.39 bits per heavy atom. The number of rotatable bonds is 5. The van der Waals surface area contributed by atoms with Crippen molar-refractivity contribution in [3.8, 4) is 0 Å².